The fraction of sp³-hybridized carbons (Fsp3) is 0.500. The van der Waals surface area contributed by atoms with Crippen LogP contribution >= 0.6 is 11.8 Å². The van der Waals surface area contributed by atoms with Crippen LogP contribution in [0.1, 0.15) is 6.42 Å². The van der Waals surface area contributed by atoms with Crippen molar-refractivity contribution in [3.8, 4) is 0 Å². The zero-order valence-corrected chi connectivity index (χ0v) is 7.62. The van der Waals surface area contributed by atoms with Gasteiger partial charge < -0.3 is 16.6 Å². The molecule has 0 bridgehead atoms. The topological polar surface area (TPSA) is 114 Å². The molecule has 5 N–H and O–H groups in total. The highest BCUT2D eigenvalue weighted by molar-refractivity contribution is 8.15. The second-order valence-electron chi connectivity index (χ2n) is 2.39. The molecule has 6 nitrogen and oxygen atoms in total. The molecule has 0 unspecified atom stereocenters. The lowest BCUT2D eigenvalue weighted by Crippen LogP contribution is -2.23. The molecule has 0 aromatic rings. The summed E-state index contributed by atoms with van der Waals surface area (Å²) in [5.74, 6) is -0.414. The molecule has 1 heterocycles. The quantitative estimate of drug-likeness (QED) is 0.378. The third-order valence-electron chi connectivity index (χ3n) is 1.34. The number of aliphatic hydroxyl groups excluding tert-OH is 1. The Kier molecular flexibility index (Phi) is 3.26. The molecule has 0 radical (unpaired) electrons. The van der Waals surface area contributed by atoms with Gasteiger partial charge in [-0.15, -0.1) is 0 Å². The Morgan fingerprint density at radius 1 is 1.69 bits per heavy atom. The highest BCUT2D eigenvalue weighted by atomic mass is 32.2. The fourth-order valence-corrected chi connectivity index (χ4v) is 1.76. The van der Waals surface area contributed by atoms with Gasteiger partial charge in [0.25, 0.3) is 5.91 Å². The van der Waals surface area contributed by atoms with E-state index in [1.54, 1.807) is 0 Å². The number of aliphatic hydroxyl groups is 1. The molecule has 0 fully saturated rings. The Balaban J connectivity index is 2.60. The lowest BCUT2D eigenvalue weighted by Gasteiger charge is -2.00. The van der Waals surface area contributed by atoms with Gasteiger partial charge in [-0.25, -0.2) is 0 Å². The molecule has 7 heteroatoms. The van der Waals surface area contributed by atoms with Gasteiger partial charge in [0.1, 0.15) is 0 Å². The maximum absolute atomic E-state index is 11.1. The first-order valence-corrected chi connectivity index (χ1v) is 4.51. The molecule has 1 rings (SSSR count). The lowest BCUT2D eigenvalue weighted by atomic mass is 10.3. The number of thioether (sulfide) groups is 1. The van der Waals surface area contributed by atoms with Crippen LogP contribution in [0, 0.1) is 0 Å². The monoisotopic (exact) mass is 202 g/mol. The zero-order chi connectivity index (χ0) is 9.84. The first kappa shape index (κ1) is 10.0. The average Bonchev–Trinajstić information content (AvgIpc) is 2.31. The Bertz CT molecular complexity index is 272. The van der Waals surface area contributed by atoms with Crippen molar-refractivity contribution in [2.24, 2.45) is 21.5 Å². The largest absolute Gasteiger partial charge is 0.396 e. The minimum absolute atomic E-state index is 0.0476. The van der Waals surface area contributed by atoms with E-state index in [0.717, 1.165) is 11.8 Å². The first-order valence-electron chi connectivity index (χ1n) is 3.63. The summed E-state index contributed by atoms with van der Waals surface area (Å²) in [5.41, 5.74) is 10.2. The van der Waals surface area contributed by atoms with Gasteiger partial charge in [0.05, 0.1) is 5.25 Å². The van der Waals surface area contributed by atoms with Crippen molar-refractivity contribution in [3.63, 3.8) is 0 Å². The van der Waals surface area contributed by atoms with Crippen LogP contribution in [0.15, 0.2) is 9.98 Å². The van der Waals surface area contributed by atoms with Crippen LogP contribution in [-0.4, -0.2) is 34.0 Å². The number of amides is 1. The van der Waals surface area contributed by atoms with Crippen molar-refractivity contribution in [3.05, 3.63) is 0 Å². The second-order valence-corrected chi connectivity index (χ2v) is 3.56. The number of carbonyl (C=O) groups is 1. The standard InChI is InChI=1S/C6H10N4O2S/c7-5(8)10-6-9-4(12)3(13-6)1-2-11/h3,11H,1-2H2,(H4,7,8,9,10,12)/t3-/m1/s1. The summed E-state index contributed by atoms with van der Waals surface area (Å²) in [7, 11) is 0. The molecule has 0 aliphatic carbocycles. The van der Waals surface area contributed by atoms with Gasteiger partial charge in [0, 0.05) is 6.61 Å². The minimum atomic E-state index is -0.344. The Hall–Kier alpha value is -1.08. The van der Waals surface area contributed by atoms with Crippen LogP contribution in [0.5, 0.6) is 0 Å². The summed E-state index contributed by atoms with van der Waals surface area (Å²) < 4.78 is 0. The van der Waals surface area contributed by atoms with Crippen molar-refractivity contribution in [1.29, 1.82) is 0 Å². The number of carbonyl (C=O) groups excluding carboxylic acids is 1. The minimum Gasteiger partial charge on any atom is -0.396 e. The predicted molar refractivity (Wildman–Crippen MR) is 51.3 cm³/mol. The average molecular weight is 202 g/mol. The van der Waals surface area contributed by atoms with E-state index in [9.17, 15) is 4.79 Å². The number of hydrogen-bond donors (Lipinski definition) is 3. The molecular formula is C6H10N4O2S. The van der Waals surface area contributed by atoms with E-state index >= 15 is 0 Å². The summed E-state index contributed by atoms with van der Waals surface area (Å²) in [6.45, 7) is -0.0476. The fourth-order valence-electron chi connectivity index (χ4n) is 0.832. The maximum Gasteiger partial charge on any atom is 0.261 e. The van der Waals surface area contributed by atoms with E-state index in [1.165, 1.54) is 0 Å². The van der Waals surface area contributed by atoms with Crippen molar-refractivity contribution in [2.75, 3.05) is 6.61 Å². The highest BCUT2D eigenvalue weighted by Crippen LogP contribution is 2.25. The summed E-state index contributed by atoms with van der Waals surface area (Å²) in [6, 6.07) is 0. The lowest BCUT2D eigenvalue weighted by molar-refractivity contribution is -0.117. The number of nitrogens with zero attached hydrogens (tertiary/aromatic N) is 2. The van der Waals surface area contributed by atoms with Gasteiger partial charge in [-0.1, -0.05) is 11.8 Å². The van der Waals surface area contributed by atoms with E-state index in [4.69, 9.17) is 16.6 Å². The molecule has 0 saturated heterocycles. The number of amidine groups is 1. The van der Waals surface area contributed by atoms with Gasteiger partial charge in [-0.05, 0) is 6.42 Å². The molecule has 13 heavy (non-hydrogen) atoms. The van der Waals surface area contributed by atoms with E-state index in [0.29, 0.717) is 6.42 Å². The van der Waals surface area contributed by atoms with Gasteiger partial charge in [-0.2, -0.15) is 9.98 Å². The Morgan fingerprint density at radius 2 is 2.38 bits per heavy atom. The number of hydrogen-bond acceptors (Lipinski definition) is 4. The molecule has 1 amide bonds. The smallest absolute Gasteiger partial charge is 0.261 e. The van der Waals surface area contributed by atoms with Crippen molar-refractivity contribution in [1.82, 2.24) is 0 Å². The van der Waals surface area contributed by atoms with Crippen LogP contribution in [-0.2, 0) is 4.79 Å². The van der Waals surface area contributed by atoms with Crippen LogP contribution in [0.2, 0.25) is 0 Å². The van der Waals surface area contributed by atoms with Crippen LogP contribution < -0.4 is 11.5 Å². The third kappa shape index (κ3) is 2.71. The molecule has 1 aliphatic heterocycles. The van der Waals surface area contributed by atoms with Gasteiger partial charge in [0.2, 0.25) is 0 Å². The van der Waals surface area contributed by atoms with E-state index in [1.807, 2.05) is 0 Å². The SMILES string of the molecule is NC(N)=NC1=NC(=O)[C@@H](CCO)S1. The summed E-state index contributed by atoms with van der Waals surface area (Å²) in [5, 5.41) is 8.53. The zero-order valence-electron chi connectivity index (χ0n) is 6.80. The number of nitrogens with two attached hydrogens (primary N) is 2. The number of rotatable bonds is 2. The van der Waals surface area contributed by atoms with Gasteiger partial charge in [0.15, 0.2) is 11.1 Å². The van der Waals surface area contributed by atoms with E-state index in [2.05, 4.69) is 9.98 Å². The second kappa shape index (κ2) is 4.24. The molecular weight excluding hydrogens is 192 g/mol. The molecule has 0 aromatic heterocycles. The molecule has 0 saturated carbocycles. The Labute approximate surface area is 79.1 Å². The number of guanidine groups is 1. The molecule has 72 valence electrons. The predicted octanol–water partition coefficient (Wildman–Crippen LogP) is -1.36. The third-order valence-corrected chi connectivity index (χ3v) is 2.46. The van der Waals surface area contributed by atoms with Crippen molar-refractivity contribution >= 4 is 28.8 Å². The van der Waals surface area contributed by atoms with Crippen LogP contribution in [0.4, 0.5) is 0 Å². The van der Waals surface area contributed by atoms with Gasteiger partial charge >= 0.3 is 0 Å². The first-order chi connectivity index (χ1) is 6.13. The Morgan fingerprint density at radius 3 is 2.92 bits per heavy atom. The summed E-state index contributed by atoms with van der Waals surface area (Å²) in [4.78, 5) is 18.3. The van der Waals surface area contributed by atoms with Crippen LogP contribution in [0.25, 0.3) is 0 Å². The van der Waals surface area contributed by atoms with E-state index < -0.39 is 0 Å². The molecule has 1 aliphatic rings. The van der Waals surface area contributed by atoms with Gasteiger partial charge in [-0.3, -0.25) is 4.79 Å². The normalized spacial score (nSPS) is 21.5. The molecule has 0 aromatic carbocycles. The molecule has 1 atom stereocenters. The van der Waals surface area contributed by atoms with Crippen LogP contribution in [0.3, 0.4) is 0 Å². The highest BCUT2D eigenvalue weighted by Gasteiger charge is 2.27. The number of aliphatic imine (C=N–C) groups is 2. The maximum atomic E-state index is 11.1. The van der Waals surface area contributed by atoms with Crippen molar-refractivity contribution < 1.29 is 9.90 Å². The summed E-state index contributed by atoms with van der Waals surface area (Å²) >= 11 is 1.16. The van der Waals surface area contributed by atoms with Crippen molar-refractivity contribution in [2.45, 2.75) is 11.7 Å². The van der Waals surface area contributed by atoms with E-state index in [-0.39, 0.29) is 28.9 Å². The molecule has 0 spiro atoms. The summed E-state index contributed by atoms with van der Waals surface area (Å²) in [6.07, 6.45) is 0.372.